The van der Waals surface area contributed by atoms with Gasteiger partial charge >= 0.3 is 5.97 Å². The number of ether oxygens (including phenoxy) is 1. The quantitative estimate of drug-likeness (QED) is 0.611. The lowest BCUT2D eigenvalue weighted by molar-refractivity contribution is 0.0600. The molecule has 0 amide bonds. The van der Waals surface area contributed by atoms with Crippen molar-refractivity contribution in [3.8, 4) is 5.75 Å². The van der Waals surface area contributed by atoms with Crippen molar-refractivity contribution in [3.05, 3.63) is 35.0 Å². The number of benzene rings is 1. The molecule has 82 valence electrons. The standard InChI is InChI=1S/C11H8ClNO3/c1-16-11(15)8-5-6-4-7(14)2-3-9(6)13-10(8)12/h2-5,14H,1H3. The van der Waals surface area contributed by atoms with Crippen molar-refractivity contribution in [2.45, 2.75) is 0 Å². The second kappa shape index (κ2) is 3.98. The summed E-state index contributed by atoms with van der Waals surface area (Å²) in [6.45, 7) is 0. The molecule has 0 radical (unpaired) electrons. The first kappa shape index (κ1) is 10.7. The molecular weight excluding hydrogens is 230 g/mol. The number of phenolic OH excluding ortho intramolecular Hbond substituents is 1. The smallest absolute Gasteiger partial charge is 0.341 e. The maximum Gasteiger partial charge on any atom is 0.341 e. The lowest BCUT2D eigenvalue weighted by Gasteiger charge is -2.04. The third-order valence-corrected chi connectivity index (χ3v) is 2.45. The summed E-state index contributed by atoms with van der Waals surface area (Å²) in [6, 6.07) is 6.17. The highest BCUT2D eigenvalue weighted by atomic mass is 35.5. The third kappa shape index (κ3) is 1.79. The van der Waals surface area contributed by atoms with Crippen molar-refractivity contribution >= 4 is 28.5 Å². The van der Waals surface area contributed by atoms with Gasteiger partial charge in [-0.05, 0) is 24.3 Å². The van der Waals surface area contributed by atoms with Gasteiger partial charge in [0.25, 0.3) is 0 Å². The number of halogens is 1. The molecule has 2 rings (SSSR count). The zero-order valence-electron chi connectivity index (χ0n) is 8.40. The number of phenols is 1. The maximum atomic E-state index is 11.4. The summed E-state index contributed by atoms with van der Waals surface area (Å²) in [6.07, 6.45) is 0. The zero-order chi connectivity index (χ0) is 11.7. The molecule has 1 aromatic heterocycles. The number of pyridine rings is 1. The molecule has 0 atom stereocenters. The lowest BCUT2D eigenvalue weighted by atomic mass is 10.1. The van der Waals surface area contributed by atoms with Crippen LogP contribution < -0.4 is 0 Å². The Labute approximate surface area is 96.4 Å². The number of fused-ring (bicyclic) bond motifs is 1. The molecule has 4 nitrogen and oxygen atoms in total. The van der Waals surface area contributed by atoms with Crippen molar-refractivity contribution < 1.29 is 14.6 Å². The van der Waals surface area contributed by atoms with Crippen LogP contribution in [0, 0.1) is 0 Å². The first-order valence-corrected chi connectivity index (χ1v) is 4.87. The SMILES string of the molecule is COC(=O)c1cc2cc(O)ccc2nc1Cl. The number of carbonyl (C=O) groups is 1. The predicted molar refractivity (Wildman–Crippen MR) is 59.8 cm³/mol. The molecule has 2 aromatic rings. The number of aromatic nitrogens is 1. The van der Waals surface area contributed by atoms with Gasteiger partial charge in [-0.15, -0.1) is 0 Å². The summed E-state index contributed by atoms with van der Waals surface area (Å²) in [7, 11) is 1.27. The molecule has 0 bridgehead atoms. The summed E-state index contributed by atoms with van der Waals surface area (Å²) in [5, 5.41) is 10.0. The fraction of sp³-hybridized carbons (Fsp3) is 0.0909. The molecule has 1 aromatic carbocycles. The fourth-order valence-electron chi connectivity index (χ4n) is 1.39. The van der Waals surface area contributed by atoms with Gasteiger partial charge in [0, 0.05) is 5.39 Å². The number of aromatic hydroxyl groups is 1. The highest BCUT2D eigenvalue weighted by molar-refractivity contribution is 6.32. The van der Waals surface area contributed by atoms with Crippen molar-refractivity contribution in [1.82, 2.24) is 4.98 Å². The van der Waals surface area contributed by atoms with E-state index in [1.54, 1.807) is 6.07 Å². The van der Waals surface area contributed by atoms with Crippen LogP contribution in [-0.4, -0.2) is 23.2 Å². The molecule has 1 heterocycles. The Morgan fingerprint density at radius 1 is 1.44 bits per heavy atom. The molecule has 1 N–H and O–H groups in total. The van der Waals surface area contributed by atoms with E-state index in [4.69, 9.17) is 11.6 Å². The number of methoxy groups -OCH3 is 1. The van der Waals surface area contributed by atoms with Gasteiger partial charge in [0.1, 0.15) is 10.9 Å². The molecule has 0 unspecified atom stereocenters. The van der Waals surface area contributed by atoms with E-state index < -0.39 is 5.97 Å². The average Bonchev–Trinajstić information content (AvgIpc) is 2.28. The number of hydrogen-bond donors (Lipinski definition) is 1. The third-order valence-electron chi connectivity index (χ3n) is 2.16. The van der Waals surface area contributed by atoms with Crippen LogP contribution in [0.25, 0.3) is 10.9 Å². The number of nitrogens with zero attached hydrogens (tertiary/aromatic N) is 1. The zero-order valence-corrected chi connectivity index (χ0v) is 9.15. The molecule has 0 fully saturated rings. The van der Waals surface area contributed by atoms with Gasteiger partial charge in [-0.2, -0.15) is 0 Å². The largest absolute Gasteiger partial charge is 0.508 e. The van der Waals surface area contributed by atoms with Crippen LogP contribution in [0.15, 0.2) is 24.3 Å². The summed E-state index contributed by atoms with van der Waals surface area (Å²) in [5.41, 5.74) is 0.790. The minimum absolute atomic E-state index is 0.0880. The number of rotatable bonds is 1. The first-order valence-electron chi connectivity index (χ1n) is 4.49. The molecule has 0 saturated heterocycles. The van der Waals surface area contributed by atoms with Crippen LogP contribution in [0.2, 0.25) is 5.15 Å². The van der Waals surface area contributed by atoms with Crippen molar-refractivity contribution in [1.29, 1.82) is 0 Å². The maximum absolute atomic E-state index is 11.4. The number of esters is 1. The lowest BCUT2D eigenvalue weighted by Crippen LogP contribution is -2.03. The predicted octanol–water partition coefficient (Wildman–Crippen LogP) is 2.38. The van der Waals surface area contributed by atoms with Crippen LogP contribution in [0.5, 0.6) is 5.75 Å². The normalized spacial score (nSPS) is 10.4. The van der Waals surface area contributed by atoms with Gasteiger partial charge in [-0.25, -0.2) is 9.78 Å². The van der Waals surface area contributed by atoms with E-state index in [9.17, 15) is 9.90 Å². The van der Waals surface area contributed by atoms with E-state index in [2.05, 4.69) is 9.72 Å². The molecule has 0 aliphatic heterocycles. The Hall–Kier alpha value is -1.81. The van der Waals surface area contributed by atoms with E-state index in [-0.39, 0.29) is 16.5 Å². The fourth-order valence-corrected chi connectivity index (χ4v) is 1.62. The summed E-state index contributed by atoms with van der Waals surface area (Å²) in [4.78, 5) is 15.4. The van der Waals surface area contributed by atoms with Crippen LogP contribution in [0.4, 0.5) is 0 Å². The Balaban J connectivity index is 2.68. The number of carbonyl (C=O) groups excluding carboxylic acids is 1. The number of hydrogen-bond acceptors (Lipinski definition) is 4. The second-order valence-corrected chi connectivity index (χ2v) is 3.55. The van der Waals surface area contributed by atoms with Gasteiger partial charge < -0.3 is 9.84 Å². The monoisotopic (exact) mass is 237 g/mol. The summed E-state index contributed by atoms with van der Waals surface area (Å²) in [5.74, 6) is -0.449. The summed E-state index contributed by atoms with van der Waals surface area (Å²) < 4.78 is 4.57. The highest BCUT2D eigenvalue weighted by Crippen LogP contribution is 2.24. The molecule has 5 heteroatoms. The molecule has 0 saturated carbocycles. The van der Waals surface area contributed by atoms with Gasteiger partial charge in [-0.1, -0.05) is 11.6 Å². The summed E-state index contributed by atoms with van der Waals surface area (Å²) >= 11 is 5.84. The molecule has 0 aliphatic carbocycles. The molecule has 16 heavy (non-hydrogen) atoms. The van der Waals surface area contributed by atoms with Gasteiger partial charge in [0.2, 0.25) is 0 Å². The van der Waals surface area contributed by atoms with Crippen LogP contribution in [0.1, 0.15) is 10.4 Å². The van der Waals surface area contributed by atoms with Crippen molar-refractivity contribution in [2.24, 2.45) is 0 Å². The van der Waals surface area contributed by atoms with E-state index in [1.807, 2.05) is 0 Å². The Bertz CT molecular complexity index is 568. The second-order valence-electron chi connectivity index (χ2n) is 3.20. The minimum atomic E-state index is -0.553. The Morgan fingerprint density at radius 3 is 2.88 bits per heavy atom. The van der Waals surface area contributed by atoms with Crippen LogP contribution in [-0.2, 0) is 4.74 Å². The Kier molecular flexibility index (Phi) is 2.66. The average molecular weight is 238 g/mol. The minimum Gasteiger partial charge on any atom is -0.508 e. The van der Waals surface area contributed by atoms with Crippen molar-refractivity contribution in [2.75, 3.05) is 7.11 Å². The molecule has 0 spiro atoms. The van der Waals surface area contributed by atoms with Gasteiger partial charge in [-0.3, -0.25) is 0 Å². The van der Waals surface area contributed by atoms with Crippen LogP contribution in [0.3, 0.4) is 0 Å². The van der Waals surface area contributed by atoms with E-state index in [0.29, 0.717) is 10.9 Å². The Morgan fingerprint density at radius 2 is 2.19 bits per heavy atom. The van der Waals surface area contributed by atoms with Gasteiger partial charge in [0.15, 0.2) is 0 Å². The van der Waals surface area contributed by atoms with Crippen LogP contribution >= 0.6 is 11.6 Å². The van der Waals surface area contributed by atoms with E-state index in [1.165, 1.54) is 25.3 Å². The van der Waals surface area contributed by atoms with E-state index in [0.717, 1.165) is 0 Å². The molecule has 0 aliphatic rings. The van der Waals surface area contributed by atoms with Gasteiger partial charge in [0.05, 0.1) is 18.2 Å². The first-order chi connectivity index (χ1) is 7.61. The molecular formula is C11H8ClNO3. The van der Waals surface area contributed by atoms with Crippen molar-refractivity contribution in [3.63, 3.8) is 0 Å². The highest BCUT2D eigenvalue weighted by Gasteiger charge is 2.13. The van der Waals surface area contributed by atoms with E-state index >= 15 is 0 Å². The topological polar surface area (TPSA) is 59.4 Å².